The Hall–Kier alpha value is -1.13. The van der Waals surface area contributed by atoms with Gasteiger partial charge in [-0.15, -0.1) is 0 Å². The molecule has 5 heteroatoms. The van der Waals surface area contributed by atoms with Gasteiger partial charge in [0.15, 0.2) is 0 Å². The zero-order chi connectivity index (χ0) is 12.2. The van der Waals surface area contributed by atoms with Gasteiger partial charge in [0.05, 0.1) is 6.54 Å². The molecule has 0 unspecified atom stereocenters. The molecule has 5 nitrogen and oxygen atoms in total. The number of hydrogen-bond acceptors (Lipinski definition) is 4. The van der Waals surface area contributed by atoms with Crippen LogP contribution in [0.5, 0.6) is 0 Å². The molecule has 0 spiro atoms. The smallest absolute Gasteiger partial charge is 0.410 e. The van der Waals surface area contributed by atoms with Crippen molar-refractivity contribution >= 4 is 6.09 Å². The molecule has 1 heterocycles. The summed E-state index contributed by atoms with van der Waals surface area (Å²) < 4.78 is 5.27. The second-order valence-corrected chi connectivity index (χ2v) is 5.22. The molecule has 1 amide bonds. The normalized spacial score (nSPS) is 18.3. The Balaban J connectivity index is 2.36. The molecule has 0 radical (unpaired) electrons. The summed E-state index contributed by atoms with van der Waals surface area (Å²) in [4.78, 5) is 23.5. The van der Waals surface area contributed by atoms with Crippen LogP contribution < -0.4 is 0 Å². The van der Waals surface area contributed by atoms with Crippen LogP contribution in [0.25, 0.3) is 0 Å². The summed E-state index contributed by atoms with van der Waals surface area (Å²) >= 11 is 0. The van der Waals surface area contributed by atoms with E-state index in [0.29, 0.717) is 25.6 Å². The van der Waals surface area contributed by atoms with Crippen molar-refractivity contribution in [3.63, 3.8) is 0 Å². The van der Waals surface area contributed by atoms with E-state index in [9.17, 15) is 9.70 Å². The lowest BCUT2D eigenvalue weighted by molar-refractivity contribution is 0.0187. The number of carbonyl (C=O) groups is 1. The minimum Gasteiger partial charge on any atom is -0.444 e. The number of carbonyl (C=O) groups excluding carboxylic acids is 1. The van der Waals surface area contributed by atoms with Crippen LogP contribution in [0.1, 0.15) is 33.6 Å². The highest BCUT2D eigenvalue weighted by Gasteiger charge is 2.26. The lowest BCUT2D eigenvalue weighted by Gasteiger charge is -2.32. The molecule has 1 fully saturated rings. The fourth-order valence-electron chi connectivity index (χ4n) is 1.73. The van der Waals surface area contributed by atoms with Gasteiger partial charge in [-0.1, -0.05) is 5.18 Å². The predicted molar refractivity (Wildman–Crippen MR) is 61.2 cm³/mol. The molecule has 0 atom stereocenters. The molecule has 0 aliphatic carbocycles. The van der Waals surface area contributed by atoms with E-state index in [1.165, 1.54) is 0 Å². The first-order valence-corrected chi connectivity index (χ1v) is 5.69. The minimum atomic E-state index is -0.446. The lowest BCUT2D eigenvalue weighted by atomic mass is 9.97. The molecule has 1 rings (SSSR count). The van der Waals surface area contributed by atoms with Gasteiger partial charge < -0.3 is 9.64 Å². The standard InChI is InChI=1S/C11H20N2O3/c1-11(2,3)16-10(14)13-6-4-9(5-7-13)8-12-15/h9H,4-8H2,1-3H3. The maximum atomic E-state index is 11.7. The molecular formula is C11H20N2O3. The van der Waals surface area contributed by atoms with Crippen LogP contribution in [0.3, 0.4) is 0 Å². The molecule has 1 saturated heterocycles. The van der Waals surface area contributed by atoms with E-state index in [0.717, 1.165) is 12.8 Å². The van der Waals surface area contributed by atoms with Crippen molar-refractivity contribution in [2.45, 2.75) is 39.2 Å². The van der Waals surface area contributed by atoms with E-state index in [1.807, 2.05) is 20.8 Å². The summed E-state index contributed by atoms with van der Waals surface area (Å²) in [5.41, 5.74) is -0.446. The van der Waals surface area contributed by atoms with Crippen LogP contribution >= 0.6 is 0 Å². The molecule has 1 aliphatic heterocycles. The van der Waals surface area contributed by atoms with Crippen LogP contribution in [0.4, 0.5) is 4.79 Å². The molecule has 0 N–H and O–H groups in total. The number of amides is 1. The quantitative estimate of drug-likeness (QED) is 0.682. The van der Waals surface area contributed by atoms with Gasteiger partial charge in [-0.05, 0) is 39.5 Å². The number of rotatable bonds is 2. The molecule has 1 aliphatic rings. The summed E-state index contributed by atoms with van der Waals surface area (Å²) in [6.07, 6.45) is 1.42. The third kappa shape index (κ3) is 4.16. The van der Waals surface area contributed by atoms with E-state index < -0.39 is 5.60 Å². The third-order valence-corrected chi connectivity index (χ3v) is 2.60. The highest BCUT2D eigenvalue weighted by molar-refractivity contribution is 5.68. The van der Waals surface area contributed by atoms with Gasteiger partial charge in [-0.2, -0.15) is 4.91 Å². The summed E-state index contributed by atoms with van der Waals surface area (Å²) in [6, 6.07) is 0. The number of piperidine rings is 1. The van der Waals surface area contributed by atoms with Gasteiger partial charge in [0.1, 0.15) is 5.60 Å². The van der Waals surface area contributed by atoms with E-state index in [-0.39, 0.29) is 6.09 Å². The topological polar surface area (TPSA) is 59.0 Å². The Morgan fingerprint density at radius 3 is 2.38 bits per heavy atom. The zero-order valence-corrected chi connectivity index (χ0v) is 10.2. The van der Waals surface area contributed by atoms with Crippen LogP contribution in [0, 0.1) is 10.8 Å². The number of nitrogens with zero attached hydrogens (tertiary/aromatic N) is 2. The average molecular weight is 228 g/mol. The minimum absolute atomic E-state index is 0.259. The van der Waals surface area contributed by atoms with Crippen molar-refractivity contribution in [3.8, 4) is 0 Å². The summed E-state index contributed by atoms with van der Waals surface area (Å²) in [7, 11) is 0. The summed E-state index contributed by atoms with van der Waals surface area (Å²) in [6.45, 7) is 7.25. The van der Waals surface area contributed by atoms with E-state index in [1.54, 1.807) is 4.90 Å². The number of nitroso groups, excluding NO2 is 1. The highest BCUT2D eigenvalue weighted by atomic mass is 16.6. The van der Waals surface area contributed by atoms with Crippen molar-refractivity contribution in [3.05, 3.63) is 4.91 Å². The van der Waals surface area contributed by atoms with Crippen molar-refractivity contribution in [2.24, 2.45) is 11.1 Å². The second-order valence-electron chi connectivity index (χ2n) is 5.22. The molecule has 0 aromatic rings. The Kier molecular flexibility index (Phi) is 4.26. The highest BCUT2D eigenvalue weighted by Crippen LogP contribution is 2.19. The van der Waals surface area contributed by atoms with Gasteiger partial charge >= 0.3 is 6.09 Å². The monoisotopic (exact) mass is 228 g/mol. The fourth-order valence-corrected chi connectivity index (χ4v) is 1.73. The first kappa shape index (κ1) is 12.9. The lowest BCUT2D eigenvalue weighted by Crippen LogP contribution is -2.42. The van der Waals surface area contributed by atoms with Crippen molar-refractivity contribution in [1.82, 2.24) is 4.90 Å². The Labute approximate surface area is 96.1 Å². The van der Waals surface area contributed by atoms with Gasteiger partial charge in [0.2, 0.25) is 0 Å². The first-order chi connectivity index (χ1) is 7.42. The van der Waals surface area contributed by atoms with Crippen molar-refractivity contribution < 1.29 is 9.53 Å². The average Bonchev–Trinajstić information content (AvgIpc) is 2.16. The van der Waals surface area contributed by atoms with E-state index in [4.69, 9.17) is 4.74 Å². The SMILES string of the molecule is CC(C)(C)OC(=O)N1CCC(CN=O)CC1. The Morgan fingerprint density at radius 2 is 1.94 bits per heavy atom. The molecule has 0 bridgehead atoms. The van der Waals surface area contributed by atoms with Crippen molar-refractivity contribution in [1.29, 1.82) is 0 Å². The third-order valence-electron chi connectivity index (χ3n) is 2.60. The van der Waals surface area contributed by atoms with Crippen molar-refractivity contribution in [2.75, 3.05) is 19.6 Å². The molecular weight excluding hydrogens is 208 g/mol. The summed E-state index contributed by atoms with van der Waals surface area (Å²) in [5.74, 6) is 0.330. The number of ether oxygens (including phenoxy) is 1. The van der Waals surface area contributed by atoms with Crippen LogP contribution in [-0.2, 0) is 4.74 Å². The van der Waals surface area contributed by atoms with Crippen LogP contribution in [-0.4, -0.2) is 36.2 Å². The fraction of sp³-hybridized carbons (Fsp3) is 0.909. The second kappa shape index (κ2) is 5.27. The maximum absolute atomic E-state index is 11.7. The van der Waals surface area contributed by atoms with Gasteiger partial charge in [-0.3, -0.25) is 0 Å². The number of hydrogen-bond donors (Lipinski definition) is 0. The van der Waals surface area contributed by atoms with E-state index in [2.05, 4.69) is 5.18 Å². The molecule has 0 aromatic heterocycles. The van der Waals surface area contributed by atoms with Gasteiger partial charge in [0.25, 0.3) is 0 Å². The summed E-state index contributed by atoms with van der Waals surface area (Å²) in [5, 5.41) is 2.90. The molecule has 0 aromatic carbocycles. The van der Waals surface area contributed by atoms with Gasteiger partial charge in [0, 0.05) is 13.1 Å². The predicted octanol–water partition coefficient (Wildman–Crippen LogP) is 2.40. The molecule has 92 valence electrons. The first-order valence-electron chi connectivity index (χ1n) is 5.69. The van der Waals surface area contributed by atoms with E-state index >= 15 is 0 Å². The zero-order valence-electron chi connectivity index (χ0n) is 10.2. The van der Waals surface area contributed by atoms with Crippen LogP contribution in [0.15, 0.2) is 5.18 Å². The Bertz CT molecular complexity index is 252. The maximum Gasteiger partial charge on any atom is 0.410 e. The van der Waals surface area contributed by atoms with Gasteiger partial charge in [-0.25, -0.2) is 4.79 Å². The van der Waals surface area contributed by atoms with Crippen LogP contribution in [0.2, 0.25) is 0 Å². The molecule has 0 saturated carbocycles. The number of likely N-dealkylation sites (tertiary alicyclic amines) is 1. The Morgan fingerprint density at radius 1 is 1.38 bits per heavy atom. The molecule has 16 heavy (non-hydrogen) atoms. The largest absolute Gasteiger partial charge is 0.444 e.